The number of hydrogen-bond acceptors (Lipinski definition) is 5. The normalized spacial score (nSPS) is 11.2. The summed E-state index contributed by atoms with van der Waals surface area (Å²) in [4.78, 5) is 31.3. The van der Waals surface area contributed by atoms with Crippen molar-refractivity contribution < 1.29 is 14.7 Å². The fraction of sp³-hybridized carbons (Fsp3) is 0.167. The fourth-order valence-electron chi connectivity index (χ4n) is 4.52. The molecule has 192 valence electrons. The third-order valence-electron chi connectivity index (χ3n) is 6.77. The van der Waals surface area contributed by atoms with Gasteiger partial charge in [0.2, 0.25) is 5.91 Å². The Bertz CT molecular complexity index is 1690. The van der Waals surface area contributed by atoms with Crippen LogP contribution in [0.2, 0.25) is 5.02 Å². The van der Waals surface area contributed by atoms with E-state index in [4.69, 9.17) is 11.6 Å². The summed E-state index contributed by atoms with van der Waals surface area (Å²) < 4.78 is 1.61. The van der Waals surface area contributed by atoms with E-state index in [2.05, 4.69) is 36.3 Å². The molecule has 0 fully saturated rings. The first kappa shape index (κ1) is 25.9. The van der Waals surface area contributed by atoms with Crippen LogP contribution < -0.4 is 5.32 Å². The summed E-state index contributed by atoms with van der Waals surface area (Å²) in [5.74, 6) is -0.452. The maximum atomic E-state index is 13.5. The summed E-state index contributed by atoms with van der Waals surface area (Å²) in [6, 6.07) is 18.3. The van der Waals surface area contributed by atoms with Crippen LogP contribution in [0.1, 0.15) is 38.3 Å². The average molecular weight is 544 g/mol. The Morgan fingerprint density at radius 3 is 2.47 bits per heavy atom. The lowest BCUT2D eigenvalue weighted by Crippen LogP contribution is -2.16. The molecule has 0 aliphatic rings. The number of aliphatic hydroxyl groups excluding tert-OH is 1. The number of thiazole rings is 1. The summed E-state index contributed by atoms with van der Waals surface area (Å²) in [5.41, 5.74) is 7.46. The van der Waals surface area contributed by atoms with E-state index < -0.39 is 0 Å². The third-order valence-corrected chi connectivity index (χ3v) is 7.78. The molecule has 5 rings (SSSR count). The lowest BCUT2D eigenvalue weighted by molar-refractivity contribution is -0.115. The van der Waals surface area contributed by atoms with Gasteiger partial charge in [-0.3, -0.25) is 14.2 Å². The van der Waals surface area contributed by atoms with Gasteiger partial charge in [-0.2, -0.15) is 0 Å². The number of rotatable bonds is 6. The predicted octanol–water partition coefficient (Wildman–Crippen LogP) is 6.71. The lowest BCUT2D eigenvalue weighted by atomic mass is 10.1. The number of amides is 1. The van der Waals surface area contributed by atoms with E-state index in [1.807, 2.05) is 24.4 Å². The van der Waals surface area contributed by atoms with Gasteiger partial charge in [0, 0.05) is 32.6 Å². The fourth-order valence-corrected chi connectivity index (χ4v) is 5.39. The van der Waals surface area contributed by atoms with Crippen molar-refractivity contribution in [2.45, 2.75) is 33.8 Å². The Kier molecular flexibility index (Phi) is 7.17. The molecule has 38 heavy (non-hydrogen) atoms. The van der Waals surface area contributed by atoms with Gasteiger partial charge < -0.3 is 10.4 Å². The van der Waals surface area contributed by atoms with Gasteiger partial charge in [0.15, 0.2) is 5.13 Å². The van der Waals surface area contributed by atoms with Crippen molar-refractivity contribution in [1.29, 1.82) is 0 Å². The molecule has 0 radical (unpaired) electrons. The number of nitrogens with zero attached hydrogens (tertiary/aromatic N) is 2. The second-order valence-electron chi connectivity index (χ2n) is 9.28. The number of nitrogens with one attached hydrogen (secondary N) is 1. The molecule has 0 aliphatic carbocycles. The summed E-state index contributed by atoms with van der Waals surface area (Å²) in [5, 5.41) is 16.4. The number of benzene rings is 3. The minimum Gasteiger partial charge on any atom is -0.392 e. The lowest BCUT2D eigenvalue weighted by Gasteiger charge is -2.08. The van der Waals surface area contributed by atoms with Gasteiger partial charge >= 0.3 is 0 Å². The molecule has 3 aromatic carbocycles. The van der Waals surface area contributed by atoms with Crippen LogP contribution in [0.3, 0.4) is 0 Å². The molecule has 2 heterocycles. The van der Waals surface area contributed by atoms with Crippen molar-refractivity contribution in [2.75, 3.05) is 5.32 Å². The van der Waals surface area contributed by atoms with Gasteiger partial charge in [0.25, 0.3) is 5.91 Å². The molecule has 0 saturated carbocycles. The molecular formula is C30H26ClN3O3S. The maximum absolute atomic E-state index is 13.5. The van der Waals surface area contributed by atoms with E-state index >= 15 is 0 Å². The molecular weight excluding hydrogens is 518 g/mol. The highest BCUT2D eigenvalue weighted by molar-refractivity contribution is 7.14. The first-order chi connectivity index (χ1) is 18.2. The second-order valence-corrected chi connectivity index (χ2v) is 10.6. The largest absolute Gasteiger partial charge is 0.392 e. The van der Waals surface area contributed by atoms with Crippen molar-refractivity contribution in [3.63, 3.8) is 0 Å². The number of carbonyl (C=O) groups excluding carboxylic acids is 2. The SMILES string of the molecule is Cc1ccc(-c2csc(NC(=O)Cc3c(C)n(C(=O)c4ccc(Cl)cc4)c4ccc(CO)cc34)n2)cc1C. The van der Waals surface area contributed by atoms with Crippen LogP contribution in [-0.4, -0.2) is 26.5 Å². The summed E-state index contributed by atoms with van der Waals surface area (Å²) in [6.07, 6.45) is 0.0522. The van der Waals surface area contributed by atoms with Crippen molar-refractivity contribution in [2.24, 2.45) is 0 Å². The standard InChI is InChI=1S/C30H26ClN3O3S/c1-17-4-6-22(12-18(17)2)26-16-38-30(32-26)33-28(36)14-24-19(3)34(27-11-5-20(15-35)13-25(24)27)29(37)21-7-9-23(31)10-8-21/h4-13,16,35H,14-15H2,1-3H3,(H,32,33,36). The van der Waals surface area contributed by atoms with Crippen LogP contribution >= 0.6 is 22.9 Å². The van der Waals surface area contributed by atoms with E-state index in [-0.39, 0.29) is 24.8 Å². The van der Waals surface area contributed by atoms with Crippen molar-refractivity contribution in [1.82, 2.24) is 9.55 Å². The maximum Gasteiger partial charge on any atom is 0.262 e. The van der Waals surface area contributed by atoms with Gasteiger partial charge in [-0.05, 0) is 85.5 Å². The van der Waals surface area contributed by atoms with Gasteiger partial charge in [-0.1, -0.05) is 29.8 Å². The minimum absolute atomic E-state index is 0.0522. The molecule has 8 heteroatoms. The molecule has 1 amide bonds. The van der Waals surface area contributed by atoms with E-state index in [0.29, 0.717) is 32.5 Å². The van der Waals surface area contributed by atoms with Crippen LogP contribution in [0, 0.1) is 20.8 Å². The van der Waals surface area contributed by atoms with Crippen LogP contribution in [0.5, 0.6) is 0 Å². The van der Waals surface area contributed by atoms with Crippen LogP contribution in [0.25, 0.3) is 22.2 Å². The molecule has 0 saturated heterocycles. The Labute approximate surface area is 229 Å². The number of carbonyl (C=O) groups is 2. The van der Waals surface area contributed by atoms with E-state index in [1.165, 1.54) is 22.5 Å². The van der Waals surface area contributed by atoms with Gasteiger partial charge in [-0.25, -0.2) is 4.98 Å². The predicted molar refractivity (Wildman–Crippen MR) is 153 cm³/mol. The van der Waals surface area contributed by atoms with Gasteiger partial charge in [-0.15, -0.1) is 11.3 Å². The average Bonchev–Trinajstić information content (AvgIpc) is 3.47. The van der Waals surface area contributed by atoms with E-state index in [0.717, 1.165) is 22.2 Å². The highest BCUT2D eigenvalue weighted by Crippen LogP contribution is 2.30. The third kappa shape index (κ3) is 5.00. The Hall–Kier alpha value is -3.78. The van der Waals surface area contributed by atoms with Crippen LogP contribution in [0.4, 0.5) is 5.13 Å². The van der Waals surface area contributed by atoms with Gasteiger partial charge in [0.05, 0.1) is 24.2 Å². The molecule has 0 bridgehead atoms. The number of aliphatic hydroxyl groups is 1. The van der Waals surface area contributed by atoms with Crippen LogP contribution in [-0.2, 0) is 17.8 Å². The molecule has 5 aromatic rings. The summed E-state index contributed by atoms with van der Waals surface area (Å²) in [6.45, 7) is 5.82. The smallest absolute Gasteiger partial charge is 0.262 e. The Morgan fingerprint density at radius 1 is 1.00 bits per heavy atom. The van der Waals surface area contributed by atoms with Crippen molar-refractivity contribution in [3.05, 3.63) is 105 Å². The molecule has 6 nitrogen and oxygen atoms in total. The monoisotopic (exact) mass is 543 g/mol. The molecule has 0 atom stereocenters. The number of halogens is 1. The molecule has 2 N–H and O–H groups in total. The summed E-state index contributed by atoms with van der Waals surface area (Å²) >= 11 is 7.38. The van der Waals surface area contributed by atoms with Crippen molar-refractivity contribution in [3.8, 4) is 11.3 Å². The minimum atomic E-state index is -0.235. The second kappa shape index (κ2) is 10.5. The molecule has 0 aliphatic heterocycles. The first-order valence-corrected chi connectivity index (χ1v) is 13.4. The highest BCUT2D eigenvalue weighted by atomic mass is 35.5. The molecule has 0 spiro atoms. The quantitative estimate of drug-likeness (QED) is 0.249. The number of aromatic nitrogens is 2. The topological polar surface area (TPSA) is 84.2 Å². The van der Waals surface area contributed by atoms with E-state index in [1.54, 1.807) is 41.0 Å². The van der Waals surface area contributed by atoms with Gasteiger partial charge in [0.1, 0.15) is 0 Å². The van der Waals surface area contributed by atoms with E-state index in [9.17, 15) is 14.7 Å². The Morgan fingerprint density at radius 2 is 1.76 bits per heavy atom. The zero-order valence-electron chi connectivity index (χ0n) is 21.2. The number of hydrogen-bond donors (Lipinski definition) is 2. The van der Waals surface area contributed by atoms with Crippen LogP contribution in [0.15, 0.2) is 66.0 Å². The highest BCUT2D eigenvalue weighted by Gasteiger charge is 2.22. The first-order valence-electron chi connectivity index (χ1n) is 12.1. The number of anilines is 1. The Balaban J connectivity index is 1.45. The zero-order valence-corrected chi connectivity index (χ0v) is 22.8. The number of fused-ring (bicyclic) bond motifs is 1. The summed E-state index contributed by atoms with van der Waals surface area (Å²) in [7, 11) is 0. The van der Waals surface area contributed by atoms with Crippen molar-refractivity contribution >= 4 is 50.8 Å². The number of aryl methyl sites for hydroxylation is 2. The molecule has 2 aromatic heterocycles. The zero-order chi connectivity index (χ0) is 27.0. The molecule has 0 unspecified atom stereocenters.